The molecule has 1 aromatic carbocycles. The molecule has 0 N–H and O–H groups in total. The van der Waals surface area contributed by atoms with Crippen molar-refractivity contribution < 1.29 is 23.1 Å². The van der Waals surface area contributed by atoms with Crippen molar-refractivity contribution in [2.75, 3.05) is 47.4 Å². The predicted octanol–water partition coefficient (Wildman–Crippen LogP) is 3.16. The van der Waals surface area contributed by atoms with Crippen LogP contribution in [-0.2, 0) is 14.3 Å². The second kappa shape index (κ2) is 9.42. The quantitative estimate of drug-likeness (QED) is 0.495. The Morgan fingerprint density at radius 2 is 1.75 bits per heavy atom. The lowest BCUT2D eigenvalue weighted by Gasteiger charge is -2.39. The zero-order chi connectivity index (χ0) is 23.6. The smallest absolute Gasteiger partial charge is 0.252 e. The molecule has 0 aromatic heterocycles. The van der Waals surface area contributed by atoms with E-state index in [9.17, 15) is 14.0 Å². The van der Waals surface area contributed by atoms with Crippen molar-refractivity contribution in [3.8, 4) is 0 Å². The Hall–Kier alpha value is -2.71. The molecule has 1 aromatic rings. The van der Waals surface area contributed by atoms with E-state index in [0.717, 1.165) is 0 Å². The van der Waals surface area contributed by atoms with E-state index in [1.165, 1.54) is 36.3 Å². The summed E-state index contributed by atoms with van der Waals surface area (Å²) in [5.41, 5.74) is -0.00946. The van der Waals surface area contributed by atoms with E-state index in [0.29, 0.717) is 13.1 Å². The van der Waals surface area contributed by atoms with Crippen LogP contribution in [0.25, 0.3) is 5.57 Å². The number of carbonyl (C=O) groups is 2. The van der Waals surface area contributed by atoms with Gasteiger partial charge in [-0.05, 0) is 12.1 Å². The van der Waals surface area contributed by atoms with Gasteiger partial charge in [-0.3, -0.25) is 9.59 Å². The topological polar surface area (TPSA) is 53.1 Å². The highest BCUT2D eigenvalue weighted by atomic mass is 35.5. The number of rotatable bonds is 5. The molecule has 0 radical (unpaired) electrons. The first kappa shape index (κ1) is 23.9. The van der Waals surface area contributed by atoms with E-state index in [1.807, 2.05) is 0 Å². The Bertz CT molecular complexity index is 1000. The summed E-state index contributed by atoms with van der Waals surface area (Å²) in [7, 11) is 4.51. The van der Waals surface area contributed by atoms with Gasteiger partial charge < -0.3 is 19.4 Å². The number of amides is 2. The van der Waals surface area contributed by atoms with Crippen LogP contribution in [0, 0.1) is 5.82 Å². The van der Waals surface area contributed by atoms with E-state index in [-0.39, 0.29) is 47.8 Å². The summed E-state index contributed by atoms with van der Waals surface area (Å²) >= 11 is 6.68. The molecule has 32 heavy (non-hydrogen) atoms. The average Bonchev–Trinajstić information content (AvgIpc) is 2.78. The van der Waals surface area contributed by atoms with Gasteiger partial charge in [0.1, 0.15) is 5.82 Å². The molecule has 0 bridgehead atoms. The van der Waals surface area contributed by atoms with Crippen LogP contribution in [0.2, 0.25) is 0 Å². The number of hydrogen-bond donors (Lipinski definition) is 0. The Morgan fingerprint density at radius 1 is 1.16 bits per heavy atom. The molecule has 1 saturated heterocycles. The van der Waals surface area contributed by atoms with E-state index in [1.54, 1.807) is 30.0 Å². The van der Waals surface area contributed by atoms with Crippen LogP contribution in [0.4, 0.5) is 8.78 Å². The Kier molecular flexibility index (Phi) is 7.05. The van der Waals surface area contributed by atoms with Gasteiger partial charge in [0.15, 0.2) is 10.9 Å². The highest BCUT2D eigenvalue weighted by Gasteiger charge is 2.46. The second-order valence-corrected chi connectivity index (χ2v) is 8.43. The summed E-state index contributed by atoms with van der Waals surface area (Å²) in [4.78, 5) is 29.9. The van der Waals surface area contributed by atoms with Gasteiger partial charge in [0.25, 0.3) is 5.91 Å². The molecule has 1 unspecified atom stereocenters. The number of ether oxygens (including phenoxy) is 1. The zero-order valence-corrected chi connectivity index (χ0v) is 19.1. The molecular formula is C23H26ClF2N3O3. The first-order valence-electron chi connectivity index (χ1n) is 10.1. The fourth-order valence-electron chi connectivity index (χ4n) is 4.06. The van der Waals surface area contributed by atoms with E-state index < -0.39 is 22.6 Å². The van der Waals surface area contributed by atoms with Gasteiger partial charge in [0.2, 0.25) is 5.91 Å². The third-order valence-electron chi connectivity index (χ3n) is 5.72. The number of carbonyl (C=O) groups excluding carboxylic acids is 2. The average molecular weight is 466 g/mol. The maximum absolute atomic E-state index is 15.9. The predicted molar refractivity (Wildman–Crippen MR) is 119 cm³/mol. The van der Waals surface area contributed by atoms with Crippen LogP contribution in [0.15, 0.2) is 54.0 Å². The number of allylic oxidation sites excluding steroid dienone is 1. The highest BCUT2D eigenvalue weighted by Crippen LogP contribution is 2.49. The highest BCUT2D eigenvalue weighted by molar-refractivity contribution is 6.30. The summed E-state index contributed by atoms with van der Waals surface area (Å²) in [6, 6.07) is 5.72. The summed E-state index contributed by atoms with van der Waals surface area (Å²) < 4.78 is 35.9. The lowest BCUT2D eigenvalue weighted by molar-refractivity contribution is -0.135. The fourth-order valence-corrected chi connectivity index (χ4v) is 4.38. The SMILES string of the molecule is C=CC(=O)N1CCN(C(=O)C2=C(N(C)C)C(F)=C(c3ccccc3F)C(Cl)(OC)C2)CC1. The van der Waals surface area contributed by atoms with Crippen molar-refractivity contribution in [2.45, 2.75) is 11.5 Å². The minimum atomic E-state index is -1.77. The van der Waals surface area contributed by atoms with Crippen LogP contribution < -0.4 is 0 Å². The second-order valence-electron chi connectivity index (χ2n) is 7.82. The molecule has 0 saturated carbocycles. The first-order valence-corrected chi connectivity index (χ1v) is 10.5. The molecule has 1 aliphatic heterocycles. The molecule has 1 heterocycles. The number of nitrogens with zero attached hydrogens (tertiary/aromatic N) is 3. The van der Waals surface area contributed by atoms with Crippen molar-refractivity contribution in [1.29, 1.82) is 0 Å². The minimum absolute atomic E-state index is 0.0238. The number of alkyl halides is 1. The van der Waals surface area contributed by atoms with Crippen molar-refractivity contribution in [1.82, 2.24) is 14.7 Å². The Balaban J connectivity index is 2.05. The van der Waals surface area contributed by atoms with Gasteiger partial charge >= 0.3 is 0 Å². The molecule has 2 amide bonds. The first-order chi connectivity index (χ1) is 15.1. The number of likely N-dealkylation sites (N-methyl/N-ethyl adjacent to an activating group) is 1. The zero-order valence-electron chi connectivity index (χ0n) is 18.3. The van der Waals surface area contributed by atoms with Crippen molar-refractivity contribution in [2.24, 2.45) is 0 Å². The monoisotopic (exact) mass is 465 g/mol. The fraction of sp³-hybridized carbons (Fsp3) is 0.391. The summed E-state index contributed by atoms with van der Waals surface area (Å²) in [5.74, 6) is -2.06. The van der Waals surface area contributed by atoms with Gasteiger partial charge in [-0.15, -0.1) is 0 Å². The lowest BCUT2D eigenvalue weighted by Crippen LogP contribution is -2.51. The van der Waals surface area contributed by atoms with Gasteiger partial charge in [-0.2, -0.15) is 0 Å². The molecule has 172 valence electrons. The van der Waals surface area contributed by atoms with Gasteiger partial charge in [0, 0.05) is 70.5 Å². The number of benzene rings is 1. The standard InChI is InChI=1S/C23H26ClF2N3O3/c1-5-18(30)28-10-12-29(13-11-28)22(31)16-14-23(24,32-4)19(20(26)21(16)27(2)3)15-8-6-7-9-17(15)25/h5-9H,1,10-14H2,2-4H3. The number of halogens is 3. The number of piperazine rings is 1. The van der Waals surface area contributed by atoms with E-state index >= 15 is 4.39 Å². The number of hydrogen-bond acceptors (Lipinski definition) is 4. The van der Waals surface area contributed by atoms with Crippen molar-refractivity contribution in [3.05, 3.63) is 65.4 Å². The normalized spacial score (nSPS) is 21.7. The lowest BCUT2D eigenvalue weighted by atomic mass is 9.86. The molecule has 1 fully saturated rings. The number of methoxy groups -OCH3 is 1. The summed E-state index contributed by atoms with van der Waals surface area (Å²) in [5, 5.41) is -1.77. The molecule has 2 aliphatic rings. The van der Waals surface area contributed by atoms with Crippen LogP contribution in [0.3, 0.4) is 0 Å². The van der Waals surface area contributed by atoms with Gasteiger partial charge in [0.05, 0.1) is 5.70 Å². The molecule has 9 heteroatoms. The maximum Gasteiger partial charge on any atom is 0.252 e. The van der Waals surface area contributed by atoms with Crippen molar-refractivity contribution in [3.63, 3.8) is 0 Å². The maximum atomic E-state index is 15.9. The molecule has 6 nitrogen and oxygen atoms in total. The third-order valence-corrected chi connectivity index (χ3v) is 6.19. The summed E-state index contributed by atoms with van der Waals surface area (Å²) in [6.45, 7) is 4.74. The molecule has 3 rings (SSSR count). The Labute approximate surface area is 191 Å². The minimum Gasteiger partial charge on any atom is -0.375 e. The van der Waals surface area contributed by atoms with Crippen LogP contribution >= 0.6 is 11.6 Å². The van der Waals surface area contributed by atoms with Gasteiger partial charge in [-0.1, -0.05) is 36.4 Å². The molecular weight excluding hydrogens is 440 g/mol. The largest absolute Gasteiger partial charge is 0.375 e. The molecule has 1 atom stereocenters. The molecule has 1 aliphatic carbocycles. The van der Waals surface area contributed by atoms with E-state index in [4.69, 9.17) is 16.3 Å². The summed E-state index contributed by atoms with van der Waals surface area (Å²) in [6.07, 6.45) is 1.08. The third kappa shape index (κ3) is 4.29. The van der Waals surface area contributed by atoms with Crippen LogP contribution in [0.1, 0.15) is 12.0 Å². The van der Waals surface area contributed by atoms with Gasteiger partial charge in [-0.25, -0.2) is 8.78 Å². The van der Waals surface area contributed by atoms with E-state index in [2.05, 4.69) is 6.58 Å². The van der Waals surface area contributed by atoms with Crippen LogP contribution in [-0.4, -0.2) is 79.0 Å². The molecule has 0 spiro atoms. The van der Waals surface area contributed by atoms with Crippen molar-refractivity contribution >= 4 is 29.0 Å². The van der Waals surface area contributed by atoms with Crippen LogP contribution in [0.5, 0.6) is 0 Å². The Morgan fingerprint density at radius 3 is 2.28 bits per heavy atom.